The minimum absolute atomic E-state index is 0.0131. The van der Waals surface area contributed by atoms with Gasteiger partial charge in [-0.3, -0.25) is 9.79 Å². The third-order valence-electron chi connectivity index (χ3n) is 5.49. The molecule has 1 aliphatic heterocycles. The van der Waals surface area contributed by atoms with Crippen LogP contribution in [0.5, 0.6) is 0 Å². The molecule has 0 radical (unpaired) electrons. The van der Waals surface area contributed by atoms with Crippen LogP contribution < -0.4 is 16.4 Å². The Hall–Kier alpha value is -2.33. The topological polar surface area (TPSA) is 117 Å². The van der Waals surface area contributed by atoms with Gasteiger partial charge in [-0.15, -0.1) is 0 Å². The molecule has 184 valence electrons. The lowest BCUT2D eigenvalue weighted by molar-refractivity contribution is -0.129. The van der Waals surface area contributed by atoms with Crippen LogP contribution in [0, 0.1) is 0 Å². The third kappa shape index (κ3) is 7.09. The van der Waals surface area contributed by atoms with Gasteiger partial charge in [0.2, 0.25) is 5.91 Å². The Balaban J connectivity index is 1.37. The molecule has 0 unspecified atom stereocenters. The summed E-state index contributed by atoms with van der Waals surface area (Å²) in [6.07, 6.45) is 1.59. The van der Waals surface area contributed by atoms with Gasteiger partial charge in [0.1, 0.15) is 11.7 Å². The third-order valence-corrected chi connectivity index (χ3v) is 7.83. The molecule has 1 aliphatic rings. The summed E-state index contributed by atoms with van der Waals surface area (Å²) in [6, 6.07) is 10.8. The summed E-state index contributed by atoms with van der Waals surface area (Å²) in [5, 5.41) is 6.27. The van der Waals surface area contributed by atoms with Gasteiger partial charge in [-0.05, 0) is 37.1 Å². The number of rotatable bonds is 11. The Morgan fingerprint density at radius 3 is 2.62 bits per heavy atom. The maximum atomic E-state index is 12.5. The average Bonchev–Trinajstić information content (AvgIpc) is 3.34. The Morgan fingerprint density at radius 2 is 1.94 bits per heavy atom. The van der Waals surface area contributed by atoms with Crippen molar-refractivity contribution < 1.29 is 13.2 Å². The van der Waals surface area contributed by atoms with E-state index in [-0.39, 0.29) is 32.4 Å². The van der Waals surface area contributed by atoms with Crippen LogP contribution in [-0.2, 0) is 21.1 Å². The Kier molecular flexibility index (Phi) is 9.18. The number of sulfone groups is 1. The van der Waals surface area contributed by atoms with E-state index in [1.54, 1.807) is 11.9 Å². The Labute approximate surface area is 210 Å². The maximum absolute atomic E-state index is 12.5. The number of nitrogen functional groups attached to an aromatic ring is 1. The zero-order valence-electron chi connectivity index (χ0n) is 19.0. The molecule has 0 saturated carbocycles. The number of carbonyl (C=O) groups is 1. The molecule has 0 bridgehead atoms. The number of carbonyl (C=O) groups excluding carboxylic acids is 1. The first kappa shape index (κ1) is 26.3. The molecular formula is C23H29Cl2N5O3S. The number of nitrogens with zero attached hydrogens (tertiary/aromatic N) is 2. The van der Waals surface area contributed by atoms with Gasteiger partial charge in [0.05, 0.1) is 27.2 Å². The first-order valence-corrected chi connectivity index (χ1v) is 13.4. The van der Waals surface area contributed by atoms with Crippen LogP contribution in [0.3, 0.4) is 0 Å². The second kappa shape index (κ2) is 11.9. The molecule has 3 rings (SSSR count). The van der Waals surface area contributed by atoms with E-state index in [9.17, 15) is 13.2 Å². The predicted octanol–water partition coefficient (Wildman–Crippen LogP) is 2.73. The van der Waals surface area contributed by atoms with Crippen molar-refractivity contribution in [2.24, 2.45) is 4.99 Å². The summed E-state index contributed by atoms with van der Waals surface area (Å²) < 4.78 is 25.0. The smallest absolute Gasteiger partial charge is 0.222 e. The summed E-state index contributed by atoms with van der Waals surface area (Å²) in [6.45, 7) is 2.66. The highest BCUT2D eigenvalue weighted by Crippen LogP contribution is 2.30. The SMILES string of the molecule is CN(CCc1ccc(C2=NCCN2)cc1)C(=O)CCCNCS(=O)(=O)c1cc(Cl)c(N)cc1Cl. The Bertz CT molecular complexity index is 1150. The second-order valence-electron chi connectivity index (χ2n) is 8.09. The molecule has 11 heteroatoms. The molecular weight excluding hydrogens is 497 g/mol. The summed E-state index contributed by atoms with van der Waals surface area (Å²) >= 11 is 11.9. The molecule has 2 aromatic carbocycles. The standard InChI is InChI=1S/C23H29Cl2N5O3S/c1-30(12-8-16-4-6-17(7-5-16)23-28-10-11-29-23)22(31)3-2-9-27-15-34(32,33)21-14-18(24)20(26)13-19(21)25/h4-7,13-14,27H,2-3,8-12,15,26H2,1H3,(H,28,29). The van der Waals surface area contributed by atoms with Crippen molar-refractivity contribution in [3.8, 4) is 0 Å². The highest BCUT2D eigenvalue weighted by atomic mass is 35.5. The van der Waals surface area contributed by atoms with Crippen molar-refractivity contribution in [2.45, 2.75) is 24.2 Å². The van der Waals surface area contributed by atoms with E-state index in [1.807, 2.05) is 12.1 Å². The largest absolute Gasteiger partial charge is 0.397 e. The van der Waals surface area contributed by atoms with Crippen LogP contribution in [0.2, 0.25) is 10.0 Å². The number of nitrogens with one attached hydrogen (secondary N) is 2. The molecule has 2 aromatic rings. The van der Waals surface area contributed by atoms with Gasteiger partial charge in [0.15, 0.2) is 9.84 Å². The number of hydrogen-bond donors (Lipinski definition) is 3. The molecule has 1 heterocycles. The van der Waals surface area contributed by atoms with Crippen molar-refractivity contribution in [1.29, 1.82) is 0 Å². The zero-order valence-corrected chi connectivity index (χ0v) is 21.3. The summed E-state index contributed by atoms with van der Waals surface area (Å²) in [7, 11) is -1.91. The summed E-state index contributed by atoms with van der Waals surface area (Å²) in [4.78, 5) is 18.4. The lowest BCUT2D eigenvalue weighted by atomic mass is 10.1. The quantitative estimate of drug-likeness (QED) is 0.306. The molecule has 0 saturated heterocycles. The number of anilines is 1. The molecule has 0 fully saturated rings. The van der Waals surface area contributed by atoms with Crippen molar-refractivity contribution in [3.05, 3.63) is 57.6 Å². The number of likely N-dealkylation sites (N-methyl/N-ethyl adjacent to an activating group) is 1. The number of halogens is 2. The van der Waals surface area contributed by atoms with Gasteiger partial charge in [-0.25, -0.2) is 8.42 Å². The van der Waals surface area contributed by atoms with E-state index in [0.717, 1.165) is 36.5 Å². The molecule has 8 nitrogen and oxygen atoms in total. The van der Waals surface area contributed by atoms with Crippen LogP contribution >= 0.6 is 23.2 Å². The molecule has 34 heavy (non-hydrogen) atoms. The van der Waals surface area contributed by atoms with E-state index >= 15 is 0 Å². The van der Waals surface area contributed by atoms with E-state index in [2.05, 4.69) is 27.8 Å². The molecule has 0 atom stereocenters. The number of hydrogen-bond acceptors (Lipinski definition) is 7. The second-order valence-corrected chi connectivity index (χ2v) is 10.9. The summed E-state index contributed by atoms with van der Waals surface area (Å²) in [5.74, 6) is 0.634. The number of aliphatic imine (C=N–C) groups is 1. The average molecular weight is 526 g/mol. The fourth-order valence-corrected chi connectivity index (χ4v) is 5.44. The fourth-order valence-electron chi connectivity index (χ4n) is 3.46. The van der Waals surface area contributed by atoms with Gasteiger partial charge < -0.3 is 21.3 Å². The number of nitrogens with two attached hydrogens (primary N) is 1. The molecule has 1 amide bonds. The minimum Gasteiger partial charge on any atom is -0.397 e. The van der Waals surface area contributed by atoms with Crippen molar-refractivity contribution in [3.63, 3.8) is 0 Å². The van der Waals surface area contributed by atoms with Crippen LogP contribution in [0.15, 0.2) is 46.3 Å². The predicted molar refractivity (Wildman–Crippen MR) is 137 cm³/mol. The van der Waals surface area contributed by atoms with Crippen molar-refractivity contribution in [2.75, 3.05) is 44.8 Å². The highest BCUT2D eigenvalue weighted by Gasteiger charge is 2.19. The molecule has 0 aliphatic carbocycles. The molecule has 0 aromatic heterocycles. The van der Waals surface area contributed by atoms with E-state index < -0.39 is 9.84 Å². The van der Waals surface area contributed by atoms with Crippen LogP contribution in [0.25, 0.3) is 0 Å². The highest BCUT2D eigenvalue weighted by molar-refractivity contribution is 7.91. The summed E-state index contributed by atoms with van der Waals surface area (Å²) in [5.41, 5.74) is 8.08. The zero-order chi connectivity index (χ0) is 24.7. The van der Waals surface area contributed by atoms with Crippen molar-refractivity contribution >= 4 is 50.5 Å². The van der Waals surface area contributed by atoms with E-state index in [4.69, 9.17) is 28.9 Å². The monoisotopic (exact) mass is 525 g/mol. The molecule has 0 spiro atoms. The fraction of sp³-hybridized carbons (Fsp3) is 0.391. The number of benzene rings is 2. The van der Waals surface area contributed by atoms with Gasteiger partial charge in [0, 0.05) is 32.1 Å². The maximum Gasteiger partial charge on any atom is 0.222 e. The van der Waals surface area contributed by atoms with Crippen LogP contribution in [-0.4, -0.2) is 64.2 Å². The first-order chi connectivity index (χ1) is 16.2. The van der Waals surface area contributed by atoms with E-state index in [1.165, 1.54) is 12.1 Å². The number of amides is 1. The number of amidine groups is 1. The lowest BCUT2D eigenvalue weighted by Crippen LogP contribution is -2.30. The van der Waals surface area contributed by atoms with Crippen molar-refractivity contribution in [1.82, 2.24) is 15.5 Å². The van der Waals surface area contributed by atoms with Gasteiger partial charge in [-0.1, -0.05) is 47.5 Å². The van der Waals surface area contributed by atoms with Crippen LogP contribution in [0.1, 0.15) is 24.0 Å². The molecule has 4 N–H and O–H groups in total. The van der Waals surface area contributed by atoms with Gasteiger partial charge >= 0.3 is 0 Å². The first-order valence-electron chi connectivity index (χ1n) is 11.0. The van der Waals surface area contributed by atoms with Crippen LogP contribution in [0.4, 0.5) is 5.69 Å². The van der Waals surface area contributed by atoms with Gasteiger partial charge in [-0.2, -0.15) is 0 Å². The Morgan fingerprint density at radius 1 is 1.21 bits per heavy atom. The minimum atomic E-state index is -3.68. The van der Waals surface area contributed by atoms with E-state index in [0.29, 0.717) is 25.9 Å². The normalized spacial score (nSPS) is 13.4. The van der Waals surface area contributed by atoms with Gasteiger partial charge in [0.25, 0.3) is 0 Å². The lowest BCUT2D eigenvalue weighted by Gasteiger charge is -2.17.